The number of hydrogen-bond acceptors (Lipinski definition) is 2. The zero-order valence-corrected chi connectivity index (χ0v) is 34.4. The molecule has 2 aliphatic carbocycles. The van der Waals surface area contributed by atoms with Crippen molar-refractivity contribution < 1.29 is 0 Å². The van der Waals surface area contributed by atoms with E-state index in [1.807, 2.05) is 22.7 Å². The maximum Gasteiger partial charge on any atom is 0.0725 e. The van der Waals surface area contributed by atoms with Crippen LogP contribution in [-0.4, -0.2) is 0 Å². The molecule has 0 radical (unpaired) electrons. The lowest BCUT2D eigenvalue weighted by Gasteiger charge is -2.30. The molecule has 0 saturated heterocycles. The van der Waals surface area contributed by atoms with Gasteiger partial charge in [0, 0.05) is 40.3 Å². The summed E-state index contributed by atoms with van der Waals surface area (Å²) in [6.07, 6.45) is 0. The lowest BCUT2D eigenvalue weighted by molar-refractivity contribution is 0.794. The Morgan fingerprint density at radius 2 is 0.689 bits per heavy atom. The van der Waals surface area contributed by atoms with Gasteiger partial charge in [0.2, 0.25) is 0 Å². The highest BCUT2D eigenvalue weighted by molar-refractivity contribution is 7.27. The first-order valence-electron chi connectivity index (χ1n) is 21.1. The van der Waals surface area contributed by atoms with E-state index < -0.39 is 0 Å². The van der Waals surface area contributed by atoms with E-state index in [-0.39, 0.29) is 5.41 Å². The van der Waals surface area contributed by atoms with Crippen LogP contribution in [0.2, 0.25) is 0 Å². The summed E-state index contributed by atoms with van der Waals surface area (Å²) in [6, 6.07) is 74.1. The molecule has 0 fully saturated rings. The average molecular weight is 805 g/mol. The van der Waals surface area contributed by atoms with Gasteiger partial charge in [-0.05, 0) is 129 Å². The van der Waals surface area contributed by atoms with Crippen LogP contribution in [0.5, 0.6) is 0 Å². The zero-order valence-electron chi connectivity index (χ0n) is 32.8. The van der Waals surface area contributed by atoms with Gasteiger partial charge in [-0.2, -0.15) is 0 Å². The van der Waals surface area contributed by atoms with Crippen LogP contribution in [0.25, 0.3) is 117 Å². The molecule has 0 amide bonds. The van der Waals surface area contributed by atoms with Gasteiger partial charge >= 0.3 is 0 Å². The maximum absolute atomic E-state index is 2.53. The van der Waals surface area contributed by atoms with Gasteiger partial charge in [-0.15, -0.1) is 22.7 Å². The third-order valence-electron chi connectivity index (χ3n) is 14.3. The summed E-state index contributed by atoms with van der Waals surface area (Å²) in [7, 11) is 0. The van der Waals surface area contributed by atoms with Crippen molar-refractivity contribution in [2.75, 3.05) is 0 Å². The van der Waals surface area contributed by atoms with Crippen molar-refractivity contribution in [3.63, 3.8) is 0 Å². The molecule has 1 spiro atoms. The third-order valence-corrected chi connectivity index (χ3v) is 16.5. The average Bonchev–Trinajstić information content (AvgIpc) is 4.04. The molecule has 0 atom stereocenters. The second kappa shape index (κ2) is 11.6. The van der Waals surface area contributed by atoms with Gasteiger partial charge in [0.15, 0.2) is 0 Å². The predicted octanol–water partition coefficient (Wildman–Crippen LogP) is 17.0. The lowest BCUT2D eigenvalue weighted by atomic mass is 9.70. The second-order valence-corrected chi connectivity index (χ2v) is 19.2. The number of benzene rings is 11. The van der Waals surface area contributed by atoms with E-state index in [2.05, 4.69) is 194 Å². The molecular weight excluding hydrogens is 773 g/mol. The van der Waals surface area contributed by atoms with Crippen LogP contribution in [0, 0.1) is 0 Å². The molecule has 0 bridgehead atoms. The monoisotopic (exact) mass is 804 g/mol. The topological polar surface area (TPSA) is 0 Å². The number of rotatable bonds is 2. The first kappa shape index (κ1) is 32.7. The zero-order chi connectivity index (χ0) is 39.6. The third kappa shape index (κ3) is 4.10. The van der Waals surface area contributed by atoms with Gasteiger partial charge in [0.1, 0.15) is 0 Å². The van der Waals surface area contributed by atoms with E-state index in [0.29, 0.717) is 0 Å². The Balaban J connectivity index is 0.918. The molecule has 0 unspecified atom stereocenters. The quantitative estimate of drug-likeness (QED) is 0.153. The maximum atomic E-state index is 2.53. The molecule has 2 heterocycles. The normalized spacial score (nSPS) is 13.7. The molecule has 0 nitrogen and oxygen atoms in total. The molecule has 0 N–H and O–H groups in total. The van der Waals surface area contributed by atoms with Crippen LogP contribution in [0.15, 0.2) is 194 Å². The predicted molar refractivity (Wildman–Crippen MR) is 263 cm³/mol. The van der Waals surface area contributed by atoms with Gasteiger partial charge in [-0.25, -0.2) is 0 Å². The van der Waals surface area contributed by atoms with Crippen molar-refractivity contribution in [2.45, 2.75) is 5.41 Å². The fourth-order valence-electron chi connectivity index (χ4n) is 11.7. The van der Waals surface area contributed by atoms with E-state index in [1.165, 1.54) is 139 Å². The molecule has 11 aromatic carbocycles. The SMILES string of the molecule is c1ccc2c(c1)-c1ccccc1C21c2ccccc2-c2ccc(-c3ccc4ccc5c(-c6ccc7c(c6)sc6cc8c(cc67)sc6ccccc68)ccc6ccc3c4c65)cc21. The molecule has 2 heteroatoms. The smallest absolute Gasteiger partial charge is 0.0725 e. The van der Waals surface area contributed by atoms with Gasteiger partial charge in [-0.3, -0.25) is 0 Å². The van der Waals surface area contributed by atoms with E-state index in [0.717, 1.165) is 0 Å². The largest absolute Gasteiger partial charge is 0.135 e. The van der Waals surface area contributed by atoms with Gasteiger partial charge in [0.25, 0.3) is 0 Å². The molecule has 2 aromatic heterocycles. The van der Waals surface area contributed by atoms with E-state index >= 15 is 0 Å². The Kier molecular flexibility index (Phi) is 6.21. The Morgan fingerprint density at radius 3 is 1.31 bits per heavy atom. The molecule has 0 saturated carbocycles. The number of thiophene rings is 2. The standard InChI is InChI=1S/C59H32S2/c1-5-13-49-39(9-1)40-10-2-6-14-50(40)59(49)51-15-7-3-11-41(51)42-25-21-35(29-52(42)59)37-23-17-33-20-28-46-38(24-18-34-19-27-45(37)57(33)58(34)46)36-22-26-44-48-32-55-47(31-56(48)61-54(44)30-36)43-12-4-8-16-53(43)60-55/h1-32H. The van der Waals surface area contributed by atoms with Gasteiger partial charge < -0.3 is 0 Å². The van der Waals surface area contributed by atoms with Gasteiger partial charge in [0.05, 0.1) is 5.41 Å². The van der Waals surface area contributed by atoms with E-state index in [1.54, 1.807) is 0 Å². The minimum atomic E-state index is -0.367. The summed E-state index contributed by atoms with van der Waals surface area (Å²) in [5, 5.41) is 13.3. The minimum absolute atomic E-state index is 0.367. The van der Waals surface area contributed by atoms with Crippen molar-refractivity contribution >= 4 is 95.3 Å². The van der Waals surface area contributed by atoms with Crippen LogP contribution >= 0.6 is 22.7 Å². The van der Waals surface area contributed by atoms with Crippen molar-refractivity contribution in [1.82, 2.24) is 0 Å². The van der Waals surface area contributed by atoms with Crippen LogP contribution in [-0.2, 0) is 5.41 Å². The highest BCUT2D eigenvalue weighted by atomic mass is 32.1. The Hall–Kier alpha value is -7.10. The first-order valence-corrected chi connectivity index (χ1v) is 22.8. The summed E-state index contributed by atoms with van der Waals surface area (Å²) in [5.74, 6) is 0. The van der Waals surface area contributed by atoms with E-state index in [4.69, 9.17) is 0 Å². The lowest BCUT2D eigenvalue weighted by Crippen LogP contribution is -2.25. The molecule has 280 valence electrons. The molecule has 15 rings (SSSR count). The Labute approximate surface area is 359 Å². The molecular formula is C59H32S2. The summed E-state index contributed by atoms with van der Waals surface area (Å²) >= 11 is 3.82. The van der Waals surface area contributed by atoms with E-state index in [9.17, 15) is 0 Å². The number of hydrogen-bond donors (Lipinski definition) is 0. The molecule has 2 aliphatic rings. The van der Waals surface area contributed by atoms with Crippen LogP contribution in [0.1, 0.15) is 22.3 Å². The van der Waals surface area contributed by atoms with Crippen molar-refractivity contribution in [2.24, 2.45) is 0 Å². The summed E-state index contributed by atoms with van der Waals surface area (Å²) in [5.41, 5.74) is 15.6. The summed E-state index contributed by atoms with van der Waals surface area (Å²) < 4.78 is 5.42. The van der Waals surface area contributed by atoms with Crippen LogP contribution in [0.3, 0.4) is 0 Å². The van der Waals surface area contributed by atoms with Crippen LogP contribution < -0.4 is 0 Å². The summed E-state index contributed by atoms with van der Waals surface area (Å²) in [6.45, 7) is 0. The van der Waals surface area contributed by atoms with Crippen molar-refractivity contribution in [1.29, 1.82) is 0 Å². The fraction of sp³-hybridized carbons (Fsp3) is 0.0169. The second-order valence-electron chi connectivity index (χ2n) is 17.1. The summed E-state index contributed by atoms with van der Waals surface area (Å²) in [4.78, 5) is 0. The molecule has 61 heavy (non-hydrogen) atoms. The number of fused-ring (bicyclic) bond motifs is 16. The Bertz CT molecular complexity index is 4000. The first-order chi connectivity index (χ1) is 30.2. The molecule has 13 aromatic rings. The Morgan fingerprint density at radius 1 is 0.262 bits per heavy atom. The highest BCUT2D eigenvalue weighted by Gasteiger charge is 2.51. The van der Waals surface area contributed by atoms with Crippen molar-refractivity contribution in [3.05, 3.63) is 216 Å². The molecule has 0 aliphatic heterocycles. The van der Waals surface area contributed by atoms with Crippen molar-refractivity contribution in [3.8, 4) is 44.5 Å². The fourth-order valence-corrected chi connectivity index (χ4v) is 14.0. The van der Waals surface area contributed by atoms with Crippen LogP contribution in [0.4, 0.5) is 0 Å². The highest BCUT2D eigenvalue weighted by Crippen LogP contribution is 2.63. The van der Waals surface area contributed by atoms with Gasteiger partial charge in [-0.1, -0.05) is 164 Å². The minimum Gasteiger partial charge on any atom is -0.135 e.